The lowest BCUT2D eigenvalue weighted by molar-refractivity contribution is -0.250. The summed E-state index contributed by atoms with van der Waals surface area (Å²) in [7, 11) is 0.840. The molecule has 1 aromatic carbocycles. The highest BCUT2D eigenvalue weighted by Gasteiger charge is 2.59. The van der Waals surface area contributed by atoms with Gasteiger partial charge in [-0.15, -0.1) is 0 Å². The Bertz CT molecular complexity index is 1280. The molecule has 0 amide bonds. The summed E-state index contributed by atoms with van der Waals surface area (Å²) in [4.78, 5) is 15.8. The number of aromatic nitrogens is 4. The molecule has 6 nitrogen and oxygen atoms in total. The van der Waals surface area contributed by atoms with Gasteiger partial charge < -0.3 is 5.11 Å². The number of aryl methyl sites for hydroxylation is 1. The maximum atomic E-state index is 14.1. The van der Waals surface area contributed by atoms with Gasteiger partial charge in [0.2, 0.25) is 5.60 Å². The molecule has 0 radical (unpaired) electrons. The molecule has 1 N–H and O–H groups in total. The Hall–Kier alpha value is -2.81. The number of fused-ring (bicyclic) bond motifs is 1. The fourth-order valence-corrected chi connectivity index (χ4v) is 3.50. The molecule has 0 unspecified atom stereocenters. The zero-order chi connectivity index (χ0) is 25.1. The predicted molar refractivity (Wildman–Crippen MR) is 94.3 cm³/mol. The van der Waals surface area contributed by atoms with Crippen molar-refractivity contribution in [2.75, 3.05) is 0 Å². The summed E-state index contributed by atoms with van der Waals surface area (Å²) < 4.78 is 119. The average Bonchev–Trinajstić information content (AvgIpc) is 2.97. The predicted octanol–water partition coefficient (Wildman–Crippen LogP) is 4.16. The van der Waals surface area contributed by atoms with E-state index < -0.39 is 69.1 Å². The van der Waals surface area contributed by atoms with Gasteiger partial charge in [0.1, 0.15) is 17.8 Å². The lowest BCUT2D eigenvalue weighted by Crippen LogP contribution is -2.45. The minimum absolute atomic E-state index is 0.0563. The molecule has 0 aliphatic rings. The molecule has 0 saturated carbocycles. The van der Waals surface area contributed by atoms with Crippen molar-refractivity contribution in [3.8, 4) is 0 Å². The van der Waals surface area contributed by atoms with Crippen molar-refractivity contribution in [3.05, 3.63) is 56.7 Å². The summed E-state index contributed by atoms with van der Waals surface area (Å²) in [6.07, 6.45) is -15.2. The second-order valence-electron chi connectivity index (χ2n) is 6.86. The van der Waals surface area contributed by atoms with Crippen LogP contribution in [-0.4, -0.2) is 36.8 Å². The van der Waals surface area contributed by atoms with Gasteiger partial charge in [-0.2, -0.15) is 44.6 Å². The molecule has 2 heterocycles. The van der Waals surface area contributed by atoms with Crippen molar-refractivity contribution in [2.24, 2.45) is 7.05 Å². The van der Waals surface area contributed by atoms with E-state index in [2.05, 4.69) is 10.1 Å². The molecule has 0 aliphatic carbocycles. The lowest BCUT2D eigenvalue weighted by atomic mass is 9.88. The van der Waals surface area contributed by atoms with E-state index in [1.165, 1.54) is 0 Å². The Morgan fingerprint density at radius 2 is 1.64 bits per heavy atom. The van der Waals surface area contributed by atoms with E-state index in [4.69, 9.17) is 11.6 Å². The minimum Gasteiger partial charge on any atom is -0.371 e. The van der Waals surface area contributed by atoms with E-state index >= 15 is 0 Å². The Morgan fingerprint density at radius 3 is 2.12 bits per heavy atom. The zero-order valence-electron chi connectivity index (χ0n) is 15.9. The van der Waals surface area contributed by atoms with Crippen LogP contribution in [0.2, 0.25) is 5.02 Å². The summed E-state index contributed by atoms with van der Waals surface area (Å²) >= 11 is 5.50. The zero-order valence-corrected chi connectivity index (χ0v) is 16.7. The number of hydrogen-bond acceptors (Lipinski definition) is 4. The third kappa shape index (κ3) is 4.26. The highest BCUT2D eigenvalue weighted by atomic mass is 35.5. The fraction of sp³-hybridized carbons (Fsp3) is 0.353. The summed E-state index contributed by atoms with van der Waals surface area (Å²) in [5, 5.41) is 13.1. The molecular weight excluding hydrogens is 499 g/mol. The highest BCUT2D eigenvalue weighted by molar-refractivity contribution is 6.31. The Kier molecular flexibility index (Phi) is 5.73. The van der Waals surface area contributed by atoms with Crippen molar-refractivity contribution in [1.82, 2.24) is 19.3 Å². The molecule has 2 aromatic heterocycles. The topological polar surface area (TPSA) is 72.9 Å². The largest absolute Gasteiger partial charge is 0.427 e. The van der Waals surface area contributed by atoms with Gasteiger partial charge in [-0.1, -0.05) is 17.7 Å². The molecule has 1 atom stereocenters. The summed E-state index contributed by atoms with van der Waals surface area (Å²) in [6, 6.07) is 0.782. The molecule has 33 heavy (non-hydrogen) atoms. The quantitative estimate of drug-likeness (QED) is 0.539. The number of halogens is 10. The van der Waals surface area contributed by atoms with Gasteiger partial charge in [-0.3, -0.25) is 14.0 Å². The highest BCUT2D eigenvalue weighted by Crippen LogP contribution is 2.47. The van der Waals surface area contributed by atoms with Crippen LogP contribution in [0.4, 0.5) is 39.5 Å². The van der Waals surface area contributed by atoms with Crippen molar-refractivity contribution in [3.63, 3.8) is 0 Å². The van der Waals surface area contributed by atoms with Crippen LogP contribution in [0.15, 0.2) is 29.3 Å². The van der Waals surface area contributed by atoms with Crippen molar-refractivity contribution in [2.45, 2.75) is 30.7 Å². The van der Waals surface area contributed by atoms with Crippen LogP contribution < -0.4 is 5.56 Å². The summed E-state index contributed by atoms with van der Waals surface area (Å²) in [6.45, 7) is -1.81. The van der Waals surface area contributed by atoms with E-state index in [-0.39, 0.29) is 16.7 Å². The van der Waals surface area contributed by atoms with Gasteiger partial charge in [0, 0.05) is 12.6 Å². The molecule has 180 valence electrons. The van der Waals surface area contributed by atoms with E-state index in [1.54, 1.807) is 0 Å². The fourth-order valence-electron chi connectivity index (χ4n) is 3.21. The van der Waals surface area contributed by atoms with Gasteiger partial charge in [0.05, 0.1) is 16.9 Å². The maximum Gasteiger partial charge on any atom is 0.427 e. The van der Waals surface area contributed by atoms with Gasteiger partial charge in [0.25, 0.3) is 5.56 Å². The molecule has 0 aliphatic heterocycles. The first-order valence-corrected chi connectivity index (χ1v) is 8.91. The standard InChI is InChI=1S/C17H10ClF9N4O2/c1-30-12(10-11(29-30)13(32)31(6-28-10)5-14(19,20)21)15(33,17(25,26)27)7-2-3-8(9(18)4-7)16(22,23)24/h2-4,6,33H,5H2,1H3/t15-/m0/s1. The normalized spacial score (nSPS) is 15.2. The first-order chi connectivity index (χ1) is 14.9. The van der Waals surface area contributed by atoms with E-state index in [9.17, 15) is 49.4 Å². The molecule has 3 rings (SSSR count). The number of rotatable bonds is 3. The van der Waals surface area contributed by atoms with Crippen LogP contribution in [0.1, 0.15) is 16.8 Å². The molecule has 0 spiro atoms. The Labute approximate surface area is 181 Å². The molecule has 0 saturated heterocycles. The lowest BCUT2D eigenvalue weighted by Gasteiger charge is -2.31. The Balaban J connectivity index is 2.32. The van der Waals surface area contributed by atoms with Crippen LogP contribution in [-0.2, 0) is 25.4 Å². The maximum absolute atomic E-state index is 14.1. The van der Waals surface area contributed by atoms with Crippen LogP contribution in [0, 0.1) is 0 Å². The molecule has 0 bridgehead atoms. The first kappa shape index (κ1) is 24.8. The molecular formula is C17H10ClF9N4O2. The summed E-state index contributed by atoms with van der Waals surface area (Å²) in [5.41, 5.74) is -11.2. The smallest absolute Gasteiger partial charge is 0.371 e. The van der Waals surface area contributed by atoms with Crippen molar-refractivity contribution >= 4 is 22.6 Å². The number of benzene rings is 1. The third-order valence-electron chi connectivity index (χ3n) is 4.61. The van der Waals surface area contributed by atoms with Crippen LogP contribution >= 0.6 is 11.6 Å². The second-order valence-corrected chi connectivity index (χ2v) is 7.27. The first-order valence-electron chi connectivity index (χ1n) is 8.53. The Morgan fingerprint density at radius 1 is 1.03 bits per heavy atom. The van der Waals surface area contributed by atoms with Gasteiger partial charge >= 0.3 is 18.5 Å². The number of nitrogens with zero attached hydrogens (tertiary/aromatic N) is 4. The molecule has 0 fully saturated rings. The van der Waals surface area contributed by atoms with Gasteiger partial charge in [-0.25, -0.2) is 4.98 Å². The van der Waals surface area contributed by atoms with E-state index in [0.29, 0.717) is 17.1 Å². The monoisotopic (exact) mass is 508 g/mol. The average molecular weight is 509 g/mol. The van der Waals surface area contributed by atoms with Gasteiger partial charge in [0.15, 0.2) is 5.52 Å². The van der Waals surface area contributed by atoms with Crippen LogP contribution in [0.5, 0.6) is 0 Å². The second kappa shape index (κ2) is 7.62. The number of hydrogen-bond donors (Lipinski definition) is 1. The van der Waals surface area contributed by atoms with Crippen LogP contribution in [0.3, 0.4) is 0 Å². The SMILES string of the molecule is Cn1nc2c(=O)n(CC(F)(F)F)cnc2c1[C@@](O)(c1ccc(C(F)(F)F)c(Cl)c1)C(F)(F)F. The molecule has 3 aromatic rings. The minimum atomic E-state index is -5.61. The van der Waals surface area contributed by atoms with Gasteiger partial charge in [-0.05, 0) is 12.1 Å². The van der Waals surface area contributed by atoms with Crippen molar-refractivity contribution < 1.29 is 44.6 Å². The summed E-state index contributed by atoms with van der Waals surface area (Å²) in [5.74, 6) is 0. The van der Waals surface area contributed by atoms with Crippen LogP contribution in [0.25, 0.3) is 11.0 Å². The van der Waals surface area contributed by atoms with Crippen molar-refractivity contribution in [1.29, 1.82) is 0 Å². The number of aliphatic hydroxyl groups is 1. The van der Waals surface area contributed by atoms with E-state index in [1.807, 2.05) is 0 Å². The van der Waals surface area contributed by atoms with E-state index in [0.717, 1.165) is 7.05 Å². The third-order valence-corrected chi connectivity index (χ3v) is 4.92. The molecule has 16 heteroatoms. The number of alkyl halides is 9.